The summed E-state index contributed by atoms with van der Waals surface area (Å²) < 4.78 is 10.1. The molecule has 1 aromatic rings. The van der Waals surface area contributed by atoms with Gasteiger partial charge >= 0.3 is 0 Å². The fraction of sp³-hybridized carbons (Fsp3) is 0.400. The van der Waals surface area contributed by atoms with Gasteiger partial charge in [0.15, 0.2) is 0 Å². The lowest BCUT2D eigenvalue weighted by Gasteiger charge is -2.13. The maximum atomic E-state index is 9.58. The van der Waals surface area contributed by atoms with E-state index in [1.165, 1.54) is 14.2 Å². The van der Waals surface area contributed by atoms with E-state index in [9.17, 15) is 5.11 Å². The van der Waals surface area contributed by atoms with E-state index < -0.39 is 6.10 Å². The third-order valence-corrected chi connectivity index (χ3v) is 2.45. The first-order chi connectivity index (χ1) is 7.13. The zero-order valence-corrected chi connectivity index (χ0v) is 9.41. The monoisotopic (exact) mass is 231 g/mol. The van der Waals surface area contributed by atoms with Gasteiger partial charge in [0.1, 0.15) is 16.5 Å². The largest absolute Gasteiger partial charge is 0.495 e. The molecule has 0 saturated carbocycles. The number of halogens is 1. The van der Waals surface area contributed by atoms with Crippen LogP contribution in [0.15, 0.2) is 12.1 Å². The van der Waals surface area contributed by atoms with Crippen LogP contribution < -0.4 is 15.2 Å². The van der Waals surface area contributed by atoms with E-state index in [4.69, 9.17) is 26.8 Å². The van der Waals surface area contributed by atoms with Gasteiger partial charge in [0.25, 0.3) is 0 Å². The normalized spacial score (nSPS) is 12.3. The van der Waals surface area contributed by atoms with Gasteiger partial charge in [-0.05, 0) is 17.7 Å². The van der Waals surface area contributed by atoms with Crippen LogP contribution in [0.1, 0.15) is 11.7 Å². The van der Waals surface area contributed by atoms with Gasteiger partial charge in [0, 0.05) is 6.54 Å². The lowest BCUT2D eigenvalue weighted by atomic mass is 10.1. The second kappa shape index (κ2) is 5.21. The topological polar surface area (TPSA) is 64.7 Å². The van der Waals surface area contributed by atoms with E-state index in [0.717, 1.165) is 0 Å². The van der Waals surface area contributed by atoms with E-state index in [-0.39, 0.29) is 6.54 Å². The first-order valence-corrected chi connectivity index (χ1v) is 4.81. The summed E-state index contributed by atoms with van der Waals surface area (Å²) in [5.74, 6) is 0.914. The van der Waals surface area contributed by atoms with Crippen molar-refractivity contribution in [3.05, 3.63) is 22.7 Å². The first-order valence-electron chi connectivity index (χ1n) is 4.43. The summed E-state index contributed by atoms with van der Waals surface area (Å²) in [6.45, 7) is 0.133. The number of hydrogen-bond acceptors (Lipinski definition) is 4. The summed E-state index contributed by atoms with van der Waals surface area (Å²) in [4.78, 5) is 0. The van der Waals surface area contributed by atoms with Crippen molar-refractivity contribution in [2.45, 2.75) is 6.10 Å². The molecule has 4 nitrogen and oxygen atoms in total. The zero-order valence-electron chi connectivity index (χ0n) is 8.66. The highest BCUT2D eigenvalue weighted by Crippen LogP contribution is 2.36. The molecule has 84 valence electrons. The van der Waals surface area contributed by atoms with Crippen LogP contribution >= 0.6 is 11.6 Å². The molecule has 3 N–H and O–H groups in total. The summed E-state index contributed by atoms with van der Waals surface area (Å²) in [6, 6.07) is 3.28. The highest BCUT2D eigenvalue weighted by Gasteiger charge is 2.14. The van der Waals surface area contributed by atoms with Crippen molar-refractivity contribution in [2.75, 3.05) is 20.8 Å². The molecule has 15 heavy (non-hydrogen) atoms. The Morgan fingerprint density at radius 2 is 1.80 bits per heavy atom. The van der Waals surface area contributed by atoms with Gasteiger partial charge in [-0.15, -0.1) is 0 Å². The highest BCUT2D eigenvalue weighted by molar-refractivity contribution is 6.33. The molecule has 0 saturated heterocycles. The quantitative estimate of drug-likeness (QED) is 0.821. The van der Waals surface area contributed by atoms with E-state index in [1.54, 1.807) is 12.1 Å². The Labute approximate surface area is 93.6 Å². The predicted molar refractivity (Wildman–Crippen MR) is 58.6 cm³/mol. The summed E-state index contributed by atoms with van der Waals surface area (Å²) >= 11 is 5.97. The maximum Gasteiger partial charge on any atom is 0.141 e. The number of hydrogen-bond donors (Lipinski definition) is 2. The second-order valence-corrected chi connectivity index (χ2v) is 3.37. The second-order valence-electron chi connectivity index (χ2n) is 2.99. The van der Waals surface area contributed by atoms with Gasteiger partial charge < -0.3 is 20.3 Å². The van der Waals surface area contributed by atoms with Crippen LogP contribution in [0.3, 0.4) is 0 Å². The fourth-order valence-corrected chi connectivity index (χ4v) is 1.48. The summed E-state index contributed by atoms with van der Waals surface area (Å²) in [7, 11) is 3.00. The molecule has 0 bridgehead atoms. The third kappa shape index (κ3) is 2.53. The van der Waals surface area contributed by atoms with Crippen LogP contribution in [0.2, 0.25) is 5.02 Å². The molecule has 5 heteroatoms. The van der Waals surface area contributed by atoms with Crippen molar-refractivity contribution >= 4 is 11.6 Å². The molecule has 1 rings (SSSR count). The summed E-state index contributed by atoms with van der Waals surface area (Å²) in [5, 5.41) is 9.96. The van der Waals surface area contributed by atoms with Gasteiger partial charge in [0.2, 0.25) is 0 Å². The molecule has 0 aliphatic heterocycles. The smallest absolute Gasteiger partial charge is 0.141 e. The first kappa shape index (κ1) is 12.1. The molecule has 0 radical (unpaired) electrons. The molecule has 0 amide bonds. The summed E-state index contributed by atoms with van der Waals surface area (Å²) in [5.41, 5.74) is 5.98. The van der Waals surface area contributed by atoms with Crippen LogP contribution in [-0.2, 0) is 0 Å². The van der Waals surface area contributed by atoms with E-state index >= 15 is 0 Å². The third-order valence-electron chi connectivity index (χ3n) is 2.08. The van der Waals surface area contributed by atoms with E-state index in [1.807, 2.05) is 0 Å². The SMILES string of the molecule is COc1cc(C(O)CN)cc(OC)c1Cl. The molecule has 0 heterocycles. The lowest BCUT2D eigenvalue weighted by Crippen LogP contribution is -2.11. The minimum Gasteiger partial charge on any atom is -0.495 e. The van der Waals surface area contributed by atoms with Crippen LogP contribution in [0.25, 0.3) is 0 Å². The number of aliphatic hydroxyl groups excluding tert-OH is 1. The Hall–Kier alpha value is -0.970. The average Bonchev–Trinajstić information content (AvgIpc) is 2.28. The van der Waals surface area contributed by atoms with Crippen LogP contribution in [0, 0.1) is 0 Å². The van der Waals surface area contributed by atoms with Crippen molar-refractivity contribution in [2.24, 2.45) is 5.73 Å². The van der Waals surface area contributed by atoms with Crippen molar-refractivity contribution in [1.82, 2.24) is 0 Å². The molecule has 0 aliphatic rings. The van der Waals surface area contributed by atoms with Gasteiger partial charge in [-0.1, -0.05) is 11.6 Å². The predicted octanol–water partition coefficient (Wildman–Crippen LogP) is 1.35. The Bertz CT molecular complexity index is 318. The Balaban J connectivity index is 3.20. The number of benzene rings is 1. The number of nitrogens with two attached hydrogens (primary N) is 1. The molecule has 0 fully saturated rings. The summed E-state index contributed by atoms with van der Waals surface area (Å²) in [6.07, 6.45) is -0.745. The average molecular weight is 232 g/mol. The van der Waals surface area contributed by atoms with Crippen LogP contribution in [-0.4, -0.2) is 25.9 Å². The van der Waals surface area contributed by atoms with Crippen LogP contribution in [0.4, 0.5) is 0 Å². The maximum absolute atomic E-state index is 9.58. The highest BCUT2D eigenvalue weighted by atomic mass is 35.5. The van der Waals surface area contributed by atoms with E-state index in [2.05, 4.69) is 0 Å². The molecule has 0 aliphatic carbocycles. The molecular weight excluding hydrogens is 218 g/mol. The molecule has 0 aromatic heterocycles. The molecule has 1 unspecified atom stereocenters. The van der Waals surface area contributed by atoms with Gasteiger partial charge in [0.05, 0.1) is 20.3 Å². The van der Waals surface area contributed by atoms with Crippen molar-refractivity contribution in [3.63, 3.8) is 0 Å². The minimum atomic E-state index is -0.745. The number of ether oxygens (including phenoxy) is 2. The molecular formula is C10H14ClNO3. The van der Waals surface area contributed by atoms with E-state index in [0.29, 0.717) is 22.1 Å². The minimum absolute atomic E-state index is 0.133. The van der Waals surface area contributed by atoms with Crippen LogP contribution in [0.5, 0.6) is 11.5 Å². The lowest BCUT2D eigenvalue weighted by molar-refractivity contribution is 0.186. The molecule has 1 atom stereocenters. The van der Waals surface area contributed by atoms with Crippen molar-refractivity contribution in [3.8, 4) is 11.5 Å². The van der Waals surface area contributed by atoms with Gasteiger partial charge in [-0.25, -0.2) is 0 Å². The van der Waals surface area contributed by atoms with Crippen molar-refractivity contribution < 1.29 is 14.6 Å². The molecule has 1 aromatic carbocycles. The number of aliphatic hydroxyl groups is 1. The Morgan fingerprint density at radius 1 is 1.33 bits per heavy atom. The fourth-order valence-electron chi connectivity index (χ4n) is 1.22. The van der Waals surface area contributed by atoms with Gasteiger partial charge in [-0.3, -0.25) is 0 Å². The molecule has 0 spiro atoms. The Kier molecular flexibility index (Phi) is 4.20. The van der Waals surface area contributed by atoms with Gasteiger partial charge in [-0.2, -0.15) is 0 Å². The number of methoxy groups -OCH3 is 2. The Morgan fingerprint density at radius 3 is 2.13 bits per heavy atom. The number of rotatable bonds is 4. The standard InChI is InChI=1S/C10H14ClNO3/c1-14-8-3-6(7(13)5-12)4-9(15-2)10(8)11/h3-4,7,13H,5,12H2,1-2H3. The zero-order chi connectivity index (χ0) is 11.4. The van der Waals surface area contributed by atoms with Crippen molar-refractivity contribution in [1.29, 1.82) is 0 Å².